The number of carbonyl (C=O) groups is 1. The van der Waals surface area contributed by atoms with Crippen molar-refractivity contribution in [1.29, 1.82) is 0 Å². The van der Waals surface area contributed by atoms with Gasteiger partial charge in [0, 0.05) is 30.4 Å². The van der Waals surface area contributed by atoms with Crippen LogP contribution in [0.2, 0.25) is 0 Å². The van der Waals surface area contributed by atoms with Crippen molar-refractivity contribution in [2.45, 2.75) is 31.8 Å². The first-order chi connectivity index (χ1) is 11.2. The van der Waals surface area contributed by atoms with Gasteiger partial charge in [0.05, 0.1) is 12.6 Å². The second kappa shape index (κ2) is 7.37. The molecule has 0 bridgehead atoms. The van der Waals surface area contributed by atoms with Crippen molar-refractivity contribution in [3.05, 3.63) is 36.2 Å². The van der Waals surface area contributed by atoms with E-state index in [-0.39, 0.29) is 6.10 Å². The van der Waals surface area contributed by atoms with E-state index in [0.29, 0.717) is 19.7 Å². The first-order valence-corrected chi connectivity index (χ1v) is 8.02. The molecule has 0 aromatic carbocycles. The van der Waals surface area contributed by atoms with Crippen LogP contribution in [0, 0.1) is 0 Å². The Morgan fingerprint density at radius 3 is 3.09 bits per heavy atom. The number of carboxylic acid groups (broad SMARTS) is 1. The number of pyridine rings is 2. The number of amides is 1. The number of fused-ring (bicyclic) bond motifs is 1. The van der Waals surface area contributed by atoms with Gasteiger partial charge >= 0.3 is 6.09 Å². The second-order valence-electron chi connectivity index (χ2n) is 5.82. The molecule has 2 aromatic rings. The van der Waals surface area contributed by atoms with E-state index in [9.17, 15) is 4.79 Å². The molecule has 6 heteroatoms. The minimum Gasteiger partial charge on any atom is -0.465 e. The van der Waals surface area contributed by atoms with Crippen LogP contribution in [-0.2, 0) is 11.2 Å². The molecular formula is C17H21N3O3. The minimum absolute atomic E-state index is 0.0501. The van der Waals surface area contributed by atoms with Crippen LogP contribution < -0.4 is 0 Å². The third-order valence-corrected chi connectivity index (χ3v) is 4.12. The predicted octanol–water partition coefficient (Wildman–Crippen LogP) is 2.72. The minimum atomic E-state index is -0.855. The third-order valence-electron chi connectivity index (χ3n) is 4.12. The highest BCUT2D eigenvalue weighted by atomic mass is 16.5. The lowest BCUT2D eigenvalue weighted by Crippen LogP contribution is -2.28. The lowest BCUT2D eigenvalue weighted by atomic mass is 10.1. The van der Waals surface area contributed by atoms with Gasteiger partial charge in [0.1, 0.15) is 0 Å². The van der Waals surface area contributed by atoms with Crippen LogP contribution in [0.5, 0.6) is 0 Å². The molecule has 0 aliphatic carbocycles. The number of unbranched alkanes of at least 4 members (excludes halogenated alkanes) is 1. The normalized spacial score (nSPS) is 17.7. The van der Waals surface area contributed by atoms with Crippen molar-refractivity contribution >= 4 is 17.1 Å². The van der Waals surface area contributed by atoms with Crippen molar-refractivity contribution in [3.63, 3.8) is 0 Å². The fourth-order valence-electron chi connectivity index (χ4n) is 2.83. The molecule has 1 N–H and O–H groups in total. The van der Waals surface area contributed by atoms with Gasteiger partial charge in [0.15, 0.2) is 5.65 Å². The summed E-state index contributed by atoms with van der Waals surface area (Å²) in [6, 6.07) is 8.03. The SMILES string of the molecule is O=C(O)N1CCC(OCCCCc2ccc3cccnc3n2)C1. The molecule has 1 saturated heterocycles. The maximum atomic E-state index is 10.8. The summed E-state index contributed by atoms with van der Waals surface area (Å²) in [5.74, 6) is 0. The van der Waals surface area contributed by atoms with E-state index in [2.05, 4.69) is 16.0 Å². The highest BCUT2D eigenvalue weighted by Crippen LogP contribution is 2.14. The standard InChI is InChI=1S/C17H21N3O3/c21-17(22)20-10-8-15(12-20)23-11-2-1-5-14-7-6-13-4-3-9-18-16(13)19-14/h3-4,6-7,9,15H,1-2,5,8,10-12H2,(H,21,22). The van der Waals surface area contributed by atoms with Gasteiger partial charge in [-0.25, -0.2) is 14.8 Å². The molecule has 122 valence electrons. The van der Waals surface area contributed by atoms with Crippen LogP contribution in [0.15, 0.2) is 30.5 Å². The summed E-state index contributed by atoms with van der Waals surface area (Å²) in [5, 5.41) is 9.96. The van der Waals surface area contributed by atoms with E-state index in [1.54, 1.807) is 6.20 Å². The van der Waals surface area contributed by atoms with Crippen molar-refractivity contribution in [2.75, 3.05) is 19.7 Å². The number of hydrogen-bond donors (Lipinski definition) is 1. The highest BCUT2D eigenvalue weighted by Gasteiger charge is 2.25. The number of nitrogens with zero attached hydrogens (tertiary/aromatic N) is 3. The average Bonchev–Trinajstić information content (AvgIpc) is 3.03. The number of hydrogen-bond acceptors (Lipinski definition) is 4. The van der Waals surface area contributed by atoms with Crippen LogP contribution in [0.3, 0.4) is 0 Å². The molecule has 1 fully saturated rings. The number of ether oxygens (including phenoxy) is 1. The zero-order valence-electron chi connectivity index (χ0n) is 13.0. The lowest BCUT2D eigenvalue weighted by molar-refractivity contribution is 0.0563. The largest absolute Gasteiger partial charge is 0.465 e. The Kier molecular flexibility index (Phi) is 5.02. The maximum Gasteiger partial charge on any atom is 0.407 e. The van der Waals surface area contributed by atoms with Gasteiger partial charge < -0.3 is 14.7 Å². The molecule has 23 heavy (non-hydrogen) atoms. The zero-order valence-corrected chi connectivity index (χ0v) is 13.0. The fourth-order valence-corrected chi connectivity index (χ4v) is 2.83. The molecule has 0 spiro atoms. The molecule has 0 saturated carbocycles. The Morgan fingerprint density at radius 1 is 1.35 bits per heavy atom. The number of likely N-dealkylation sites (tertiary alicyclic amines) is 1. The summed E-state index contributed by atoms with van der Waals surface area (Å²) in [6.45, 7) is 1.74. The van der Waals surface area contributed by atoms with Crippen LogP contribution in [0.1, 0.15) is 25.0 Å². The van der Waals surface area contributed by atoms with Gasteiger partial charge in [-0.15, -0.1) is 0 Å². The summed E-state index contributed by atoms with van der Waals surface area (Å²) in [5.41, 5.74) is 1.84. The highest BCUT2D eigenvalue weighted by molar-refractivity contribution is 5.74. The molecule has 1 atom stereocenters. The van der Waals surface area contributed by atoms with Crippen molar-refractivity contribution in [1.82, 2.24) is 14.9 Å². The zero-order chi connectivity index (χ0) is 16.1. The Labute approximate surface area is 135 Å². The van der Waals surface area contributed by atoms with Crippen molar-refractivity contribution < 1.29 is 14.6 Å². The van der Waals surface area contributed by atoms with Crippen molar-refractivity contribution in [3.8, 4) is 0 Å². The van der Waals surface area contributed by atoms with Crippen molar-refractivity contribution in [2.24, 2.45) is 0 Å². The summed E-state index contributed by atoms with van der Waals surface area (Å²) in [4.78, 5) is 21.1. The third kappa shape index (κ3) is 4.16. The Morgan fingerprint density at radius 2 is 2.26 bits per heavy atom. The van der Waals surface area contributed by atoms with E-state index < -0.39 is 6.09 Å². The molecule has 1 aliphatic rings. The van der Waals surface area contributed by atoms with Crippen LogP contribution >= 0.6 is 0 Å². The molecule has 2 aromatic heterocycles. The maximum absolute atomic E-state index is 10.8. The molecule has 3 rings (SSSR count). The molecule has 1 unspecified atom stereocenters. The van der Waals surface area contributed by atoms with Crippen LogP contribution in [0.4, 0.5) is 4.79 Å². The Bertz CT molecular complexity index is 677. The second-order valence-corrected chi connectivity index (χ2v) is 5.82. The molecule has 1 aliphatic heterocycles. The topological polar surface area (TPSA) is 75.5 Å². The summed E-state index contributed by atoms with van der Waals surface area (Å²) < 4.78 is 5.75. The van der Waals surface area contributed by atoms with E-state index in [1.165, 1.54) is 4.90 Å². The Hall–Kier alpha value is -2.21. The van der Waals surface area contributed by atoms with Gasteiger partial charge in [-0.2, -0.15) is 0 Å². The molecule has 1 amide bonds. The number of rotatable bonds is 6. The summed E-state index contributed by atoms with van der Waals surface area (Å²) >= 11 is 0. The van der Waals surface area contributed by atoms with Crippen LogP contribution in [-0.4, -0.2) is 51.9 Å². The van der Waals surface area contributed by atoms with E-state index >= 15 is 0 Å². The van der Waals surface area contributed by atoms with E-state index in [1.807, 2.05) is 18.2 Å². The molecule has 6 nitrogen and oxygen atoms in total. The van der Waals surface area contributed by atoms with Gasteiger partial charge in [0.25, 0.3) is 0 Å². The average molecular weight is 315 g/mol. The van der Waals surface area contributed by atoms with E-state index in [0.717, 1.165) is 42.4 Å². The van der Waals surface area contributed by atoms with Gasteiger partial charge in [-0.3, -0.25) is 0 Å². The fraction of sp³-hybridized carbons (Fsp3) is 0.471. The molecule has 3 heterocycles. The monoisotopic (exact) mass is 315 g/mol. The smallest absolute Gasteiger partial charge is 0.407 e. The van der Waals surface area contributed by atoms with Gasteiger partial charge in [0.2, 0.25) is 0 Å². The van der Waals surface area contributed by atoms with Crippen LogP contribution in [0.25, 0.3) is 11.0 Å². The number of aromatic nitrogens is 2. The molecule has 0 radical (unpaired) electrons. The molecular weight excluding hydrogens is 294 g/mol. The number of aryl methyl sites for hydroxylation is 1. The predicted molar refractivity (Wildman–Crippen MR) is 86.4 cm³/mol. The lowest BCUT2D eigenvalue weighted by Gasteiger charge is -2.13. The Balaban J connectivity index is 1.37. The van der Waals surface area contributed by atoms with E-state index in [4.69, 9.17) is 9.84 Å². The summed E-state index contributed by atoms with van der Waals surface area (Å²) in [7, 11) is 0. The quantitative estimate of drug-likeness (QED) is 0.830. The summed E-state index contributed by atoms with van der Waals surface area (Å²) in [6.07, 6.45) is 4.61. The first kappa shape index (κ1) is 15.7. The van der Waals surface area contributed by atoms with Gasteiger partial charge in [-0.1, -0.05) is 0 Å². The van der Waals surface area contributed by atoms with Gasteiger partial charge in [-0.05, 0) is 49.9 Å². The first-order valence-electron chi connectivity index (χ1n) is 8.02.